The third-order valence-electron chi connectivity index (χ3n) is 1.60. The van der Waals surface area contributed by atoms with Crippen molar-refractivity contribution in [2.45, 2.75) is 0 Å². The van der Waals surface area contributed by atoms with Crippen LogP contribution in [0.25, 0.3) is 0 Å². The first kappa shape index (κ1) is 16.5. The Morgan fingerprint density at radius 1 is 1.07 bits per heavy atom. The molecular formula is C7H6I3N2NaO2. The number of hydrogen-bond donors (Lipinski definition) is 3. The molecule has 0 amide bonds. The molecule has 0 aromatic heterocycles. The number of carboxylic acids is 1. The van der Waals surface area contributed by atoms with E-state index in [9.17, 15) is 4.79 Å². The number of nitrogens with two attached hydrogens (primary N) is 2. The Kier molecular flexibility index (Phi) is 7.06. The van der Waals surface area contributed by atoms with Gasteiger partial charge in [0.2, 0.25) is 0 Å². The van der Waals surface area contributed by atoms with Crippen molar-refractivity contribution < 1.29 is 40.9 Å². The second kappa shape index (κ2) is 6.42. The summed E-state index contributed by atoms with van der Waals surface area (Å²) in [7, 11) is 0. The van der Waals surface area contributed by atoms with Gasteiger partial charge >= 0.3 is 35.5 Å². The number of carboxylic acid groups (broad SMARTS) is 1. The summed E-state index contributed by atoms with van der Waals surface area (Å²) >= 11 is 5.84. The SMILES string of the molecule is Nc1c(I)c(N)c(I)c(C(=O)O)c1I.[H-].[Na+]. The fourth-order valence-electron chi connectivity index (χ4n) is 0.891. The maximum absolute atomic E-state index is 10.9. The Hall–Kier alpha value is 1.48. The summed E-state index contributed by atoms with van der Waals surface area (Å²) in [4.78, 5) is 10.9. The summed E-state index contributed by atoms with van der Waals surface area (Å²) < 4.78 is 1.79. The van der Waals surface area contributed by atoms with Crippen LogP contribution in [-0.4, -0.2) is 11.1 Å². The van der Waals surface area contributed by atoms with Crippen molar-refractivity contribution in [1.82, 2.24) is 0 Å². The van der Waals surface area contributed by atoms with E-state index in [-0.39, 0.29) is 36.5 Å². The first-order chi connectivity index (χ1) is 6.37. The fourth-order valence-corrected chi connectivity index (χ4v) is 4.52. The average molecular weight is 554 g/mol. The van der Waals surface area contributed by atoms with E-state index in [0.717, 1.165) is 0 Å². The summed E-state index contributed by atoms with van der Waals surface area (Å²) in [5.74, 6) is -1.01. The van der Waals surface area contributed by atoms with Crippen LogP contribution in [0, 0.1) is 10.7 Å². The van der Waals surface area contributed by atoms with Crippen molar-refractivity contribution in [3.63, 3.8) is 0 Å². The van der Waals surface area contributed by atoms with Crippen LogP contribution in [0.5, 0.6) is 0 Å². The van der Waals surface area contributed by atoms with E-state index in [2.05, 4.69) is 0 Å². The van der Waals surface area contributed by atoms with Gasteiger partial charge in [0.05, 0.1) is 27.6 Å². The van der Waals surface area contributed by atoms with Crippen LogP contribution in [0.3, 0.4) is 0 Å². The van der Waals surface area contributed by atoms with Gasteiger partial charge in [-0.15, -0.1) is 0 Å². The quantitative estimate of drug-likeness (QED) is 0.248. The first-order valence-corrected chi connectivity index (χ1v) is 6.56. The molecule has 1 aromatic rings. The van der Waals surface area contributed by atoms with Crippen LogP contribution in [-0.2, 0) is 0 Å². The van der Waals surface area contributed by atoms with Gasteiger partial charge in [0.1, 0.15) is 0 Å². The van der Waals surface area contributed by atoms with E-state index >= 15 is 0 Å². The summed E-state index contributed by atoms with van der Waals surface area (Å²) in [6.07, 6.45) is 0. The van der Waals surface area contributed by atoms with Gasteiger partial charge in [-0.05, 0) is 67.8 Å². The Morgan fingerprint density at radius 2 is 1.40 bits per heavy atom. The van der Waals surface area contributed by atoms with Crippen LogP contribution in [0.4, 0.5) is 11.4 Å². The monoisotopic (exact) mass is 554 g/mol. The number of carbonyl (C=O) groups is 1. The van der Waals surface area contributed by atoms with Crippen molar-refractivity contribution >= 4 is 85.1 Å². The smallest absolute Gasteiger partial charge is 1.00 e. The minimum Gasteiger partial charge on any atom is -1.00 e. The minimum absolute atomic E-state index is 0. The Bertz CT molecular complexity index is 402. The molecule has 0 fully saturated rings. The Balaban J connectivity index is 0. The molecule has 0 saturated heterocycles. The molecule has 0 unspecified atom stereocenters. The maximum atomic E-state index is 10.9. The summed E-state index contributed by atoms with van der Waals surface area (Å²) in [6, 6.07) is 0. The molecule has 0 aliphatic carbocycles. The van der Waals surface area contributed by atoms with Crippen molar-refractivity contribution in [2.75, 3.05) is 11.5 Å². The van der Waals surface area contributed by atoms with Gasteiger partial charge in [0.25, 0.3) is 0 Å². The van der Waals surface area contributed by atoms with Crippen molar-refractivity contribution in [1.29, 1.82) is 0 Å². The van der Waals surface area contributed by atoms with Crippen LogP contribution in [0.1, 0.15) is 11.8 Å². The Morgan fingerprint density at radius 3 is 1.67 bits per heavy atom. The van der Waals surface area contributed by atoms with Gasteiger partial charge in [-0.1, -0.05) is 0 Å². The molecule has 5 N–H and O–H groups in total. The molecule has 15 heavy (non-hydrogen) atoms. The topological polar surface area (TPSA) is 89.3 Å². The molecule has 0 saturated carbocycles. The zero-order valence-electron chi connectivity index (χ0n) is 8.64. The van der Waals surface area contributed by atoms with E-state index in [1.54, 1.807) is 0 Å². The number of nitrogen functional groups attached to an aromatic ring is 2. The van der Waals surface area contributed by atoms with Gasteiger partial charge < -0.3 is 18.0 Å². The molecule has 0 bridgehead atoms. The predicted molar refractivity (Wildman–Crippen MR) is 81.5 cm³/mol. The van der Waals surface area contributed by atoms with Crippen LogP contribution < -0.4 is 41.0 Å². The number of aromatic carboxylic acids is 1. The number of hydrogen-bond acceptors (Lipinski definition) is 3. The number of anilines is 2. The summed E-state index contributed by atoms with van der Waals surface area (Å²) in [6.45, 7) is 0. The van der Waals surface area contributed by atoms with E-state index in [4.69, 9.17) is 16.6 Å². The Labute approximate surface area is 151 Å². The van der Waals surface area contributed by atoms with Gasteiger partial charge in [0, 0.05) is 0 Å². The van der Waals surface area contributed by atoms with Crippen molar-refractivity contribution in [3.05, 3.63) is 16.3 Å². The summed E-state index contributed by atoms with van der Waals surface area (Å²) in [5.41, 5.74) is 12.5. The number of rotatable bonds is 1. The van der Waals surface area contributed by atoms with E-state index < -0.39 is 5.97 Å². The van der Waals surface area contributed by atoms with Gasteiger partial charge in [-0.3, -0.25) is 0 Å². The molecule has 0 radical (unpaired) electrons. The van der Waals surface area contributed by atoms with Gasteiger partial charge in [-0.2, -0.15) is 0 Å². The van der Waals surface area contributed by atoms with E-state index in [0.29, 0.717) is 22.1 Å². The molecule has 0 heterocycles. The second-order valence-electron chi connectivity index (χ2n) is 2.45. The molecule has 0 aliphatic rings. The zero-order valence-corrected chi connectivity index (χ0v) is 16.1. The van der Waals surface area contributed by atoms with Gasteiger partial charge in [0.15, 0.2) is 0 Å². The van der Waals surface area contributed by atoms with Crippen LogP contribution in [0.15, 0.2) is 0 Å². The van der Waals surface area contributed by atoms with E-state index in [1.807, 2.05) is 67.8 Å². The summed E-state index contributed by atoms with van der Waals surface area (Å²) in [5, 5.41) is 8.96. The predicted octanol–water partition coefficient (Wildman–Crippen LogP) is -0.520. The molecular weight excluding hydrogens is 548 g/mol. The molecule has 78 valence electrons. The molecule has 1 rings (SSSR count). The standard InChI is InChI=1S/C7H5I3N2O2.Na.H/c8-2-1(7(13)14)3(9)6(12)4(10)5(2)11;;/h11-12H2,(H,13,14);;/q;+1;-1. The third-order valence-corrected chi connectivity index (χ3v) is 5.00. The van der Waals surface area contributed by atoms with E-state index in [1.165, 1.54) is 0 Å². The molecule has 0 aliphatic heterocycles. The minimum atomic E-state index is -1.01. The van der Waals surface area contributed by atoms with Crippen LogP contribution >= 0.6 is 67.8 Å². The number of halogens is 3. The third kappa shape index (κ3) is 3.24. The second-order valence-corrected chi connectivity index (χ2v) is 5.69. The molecule has 1 aromatic carbocycles. The molecule has 4 nitrogen and oxygen atoms in total. The number of benzene rings is 1. The molecule has 0 atom stereocenters. The van der Waals surface area contributed by atoms with Crippen LogP contribution in [0.2, 0.25) is 0 Å². The van der Waals surface area contributed by atoms with Crippen molar-refractivity contribution in [2.24, 2.45) is 0 Å². The maximum Gasteiger partial charge on any atom is 1.00 e. The normalized spacial score (nSPS) is 9.53. The van der Waals surface area contributed by atoms with Crippen molar-refractivity contribution in [3.8, 4) is 0 Å². The fraction of sp³-hybridized carbons (Fsp3) is 0. The largest absolute Gasteiger partial charge is 1.00 e. The average Bonchev–Trinajstić information content (AvgIpc) is 2.11. The van der Waals surface area contributed by atoms with Gasteiger partial charge in [-0.25, -0.2) is 4.79 Å². The molecule has 8 heteroatoms. The zero-order chi connectivity index (χ0) is 11.0. The molecule has 0 spiro atoms. The first-order valence-electron chi connectivity index (χ1n) is 3.32.